The molecule has 0 aliphatic carbocycles. The minimum Gasteiger partial charge on any atom is -0.332 e. The van der Waals surface area contributed by atoms with Gasteiger partial charge in [-0.2, -0.15) is 0 Å². The Morgan fingerprint density at radius 2 is 1.90 bits per heavy atom. The average Bonchev–Trinajstić information content (AvgIpc) is 3.17. The second-order valence-electron chi connectivity index (χ2n) is 7.35. The van der Waals surface area contributed by atoms with Gasteiger partial charge in [-0.15, -0.1) is 11.3 Å². The van der Waals surface area contributed by atoms with Crippen molar-refractivity contribution in [1.29, 1.82) is 0 Å². The molecule has 3 aromatic rings. The molecule has 5 heteroatoms. The van der Waals surface area contributed by atoms with Crippen LogP contribution in [0.1, 0.15) is 45.1 Å². The van der Waals surface area contributed by atoms with E-state index >= 15 is 0 Å². The van der Waals surface area contributed by atoms with Crippen LogP contribution in [0.2, 0.25) is 0 Å². The normalized spacial score (nSPS) is 11.8. The van der Waals surface area contributed by atoms with Crippen molar-refractivity contribution >= 4 is 33.8 Å². The second-order valence-corrected chi connectivity index (χ2v) is 8.20. The van der Waals surface area contributed by atoms with Crippen molar-refractivity contribution in [3.63, 3.8) is 0 Å². The maximum atomic E-state index is 12.5. The SMILES string of the molecule is CCCC[C@@H](CC)C(=O)Nc1ccc(-c2csc(Nc3cccc(C)c3)n2)cc1. The van der Waals surface area contributed by atoms with Crippen LogP contribution in [-0.2, 0) is 4.79 Å². The summed E-state index contributed by atoms with van der Waals surface area (Å²) in [5.41, 5.74) is 5.05. The van der Waals surface area contributed by atoms with Gasteiger partial charge in [-0.1, -0.05) is 51.0 Å². The Morgan fingerprint density at radius 3 is 2.59 bits per heavy atom. The number of carbonyl (C=O) groups is 1. The summed E-state index contributed by atoms with van der Waals surface area (Å²) in [4.78, 5) is 17.2. The molecule has 4 nitrogen and oxygen atoms in total. The van der Waals surface area contributed by atoms with Gasteiger partial charge in [-0.3, -0.25) is 4.79 Å². The Kier molecular flexibility index (Phi) is 7.42. The van der Waals surface area contributed by atoms with Crippen LogP contribution >= 0.6 is 11.3 Å². The quantitative estimate of drug-likeness (QED) is 0.401. The molecule has 29 heavy (non-hydrogen) atoms. The van der Waals surface area contributed by atoms with E-state index in [4.69, 9.17) is 4.98 Å². The lowest BCUT2D eigenvalue weighted by Crippen LogP contribution is -2.22. The number of hydrogen-bond donors (Lipinski definition) is 2. The van der Waals surface area contributed by atoms with Gasteiger partial charge in [0.25, 0.3) is 0 Å². The highest BCUT2D eigenvalue weighted by Gasteiger charge is 2.16. The molecule has 0 spiro atoms. The predicted molar refractivity (Wildman–Crippen MR) is 124 cm³/mol. The molecule has 0 saturated heterocycles. The highest BCUT2D eigenvalue weighted by molar-refractivity contribution is 7.14. The predicted octanol–water partition coefficient (Wildman–Crippen LogP) is 7.02. The van der Waals surface area contributed by atoms with E-state index in [2.05, 4.69) is 43.5 Å². The molecule has 1 atom stereocenters. The molecule has 1 amide bonds. The number of rotatable bonds is 9. The van der Waals surface area contributed by atoms with Crippen molar-refractivity contribution in [2.24, 2.45) is 5.92 Å². The maximum absolute atomic E-state index is 12.5. The molecule has 0 radical (unpaired) electrons. The van der Waals surface area contributed by atoms with E-state index in [9.17, 15) is 4.79 Å². The third kappa shape index (κ3) is 5.91. The fourth-order valence-corrected chi connectivity index (χ4v) is 3.99. The first-order chi connectivity index (χ1) is 14.1. The number of thiazole rings is 1. The molecule has 1 aromatic heterocycles. The van der Waals surface area contributed by atoms with E-state index in [-0.39, 0.29) is 11.8 Å². The molecule has 0 aliphatic heterocycles. The third-order valence-corrected chi connectivity index (χ3v) is 5.75. The van der Waals surface area contributed by atoms with Crippen molar-refractivity contribution in [1.82, 2.24) is 4.98 Å². The Hall–Kier alpha value is -2.66. The number of benzene rings is 2. The largest absolute Gasteiger partial charge is 0.332 e. The molecular formula is C24H29N3OS. The Balaban J connectivity index is 1.63. The summed E-state index contributed by atoms with van der Waals surface area (Å²) in [7, 11) is 0. The lowest BCUT2D eigenvalue weighted by molar-refractivity contribution is -0.120. The van der Waals surface area contributed by atoms with Crippen LogP contribution in [0.4, 0.5) is 16.5 Å². The van der Waals surface area contributed by atoms with Gasteiger partial charge >= 0.3 is 0 Å². The Morgan fingerprint density at radius 1 is 1.10 bits per heavy atom. The number of aryl methyl sites for hydroxylation is 1. The topological polar surface area (TPSA) is 54.0 Å². The zero-order valence-electron chi connectivity index (χ0n) is 17.4. The highest BCUT2D eigenvalue weighted by Crippen LogP contribution is 2.28. The van der Waals surface area contributed by atoms with E-state index in [1.165, 1.54) is 5.56 Å². The van der Waals surface area contributed by atoms with Gasteiger partial charge in [0.2, 0.25) is 5.91 Å². The molecule has 0 bridgehead atoms. The third-order valence-electron chi connectivity index (χ3n) is 4.99. The lowest BCUT2D eigenvalue weighted by Gasteiger charge is -2.14. The van der Waals surface area contributed by atoms with Crippen LogP contribution in [0.15, 0.2) is 53.9 Å². The fourth-order valence-electron chi connectivity index (χ4n) is 3.25. The molecule has 0 aliphatic rings. The number of nitrogens with one attached hydrogen (secondary N) is 2. The summed E-state index contributed by atoms with van der Waals surface area (Å²) in [6.45, 7) is 6.31. The number of carbonyl (C=O) groups excluding carboxylic acids is 1. The van der Waals surface area contributed by atoms with Crippen molar-refractivity contribution in [3.8, 4) is 11.3 Å². The summed E-state index contributed by atoms with van der Waals surface area (Å²) in [6, 6.07) is 16.2. The van der Waals surface area contributed by atoms with Crippen LogP contribution in [-0.4, -0.2) is 10.9 Å². The van der Waals surface area contributed by atoms with E-state index in [1.807, 2.05) is 41.8 Å². The first-order valence-corrected chi connectivity index (χ1v) is 11.2. The van der Waals surface area contributed by atoms with Crippen LogP contribution in [0, 0.1) is 12.8 Å². The van der Waals surface area contributed by atoms with Crippen molar-refractivity contribution in [2.45, 2.75) is 46.5 Å². The van der Waals surface area contributed by atoms with Crippen LogP contribution in [0.3, 0.4) is 0 Å². The monoisotopic (exact) mass is 407 g/mol. The number of hydrogen-bond acceptors (Lipinski definition) is 4. The highest BCUT2D eigenvalue weighted by atomic mass is 32.1. The lowest BCUT2D eigenvalue weighted by atomic mass is 9.98. The van der Waals surface area contributed by atoms with E-state index < -0.39 is 0 Å². The average molecular weight is 408 g/mol. The number of anilines is 3. The maximum Gasteiger partial charge on any atom is 0.227 e. The number of unbranched alkanes of at least 4 members (excludes halogenated alkanes) is 1. The molecule has 0 unspecified atom stereocenters. The van der Waals surface area contributed by atoms with Gasteiger partial charge < -0.3 is 10.6 Å². The Labute approximate surface area is 177 Å². The summed E-state index contributed by atoms with van der Waals surface area (Å²) >= 11 is 1.58. The summed E-state index contributed by atoms with van der Waals surface area (Å²) in [5, 5.41) is 9.32. The molecular weight excluding hydrogens is 378 g/mol. The van der Waals surface area contributed by atoms with Crippen LogP contribution in [0.5, 0.6) is 0 Å². The van der Waals surface area contributed by atoms with Crippen LogP contribution < -0.4 is 10.6 Å². The fraction of sp³-hybridized carbons (Fsp3) is 0.333. The van der Waals surface area contributed by atoms with Gasteiger partial charge in [0.1, 0.15) is 0 Å². The van der Waals surface area contributed by atoms with Crippen LogP contribution in [0.25, 0.3) is 11.3 Å². The van der Waals surface area contributed by atoms with Gasteiger partial charge in [0.05, 0.1) is 5.69 Å². The van der Waals surface area contributed by atoms with E-state index in [1.54, 1.807) is 11.3 Å². The minimum absolute atomic E-state index is 0.0865. The van der Waals surface area contributed by atoms with Gasteiger partial charge in [0, 0.05) is 28.2 Å². The molecule has 3 rings (SSSR count). The second kappa shape index (κ2) is 10.2. The first-order valence-electron chi connectivity index (χ1n) is 10.3. The summed E-state index contributed by atoms with van der Waals surface area (Å²) < 4.78 is 0. The number of nitrogens with zero attached hydrogens (tertiary/aromatic N) is 1. The summed E-state index contributed by atoms with van der Waals surface area (Å²) in [5.74, 6) is 0.204. The molecule has 0 fully saturated rings. The Bertz CT molecular complexity index is 933. The van der Waals surface area contributed by atoms with Gasteiger partial charge in [-0.05, 0) is 49.6 Å². The number of aromatic nitrogens is 1. The molecule has 1 heterocycles. The van der Waals surface area contributed by atoms with Gasteiger partial charge in [-0.25, -0.2) is 4.98 Å². The minimum atomic E-state index is 0.0865. The zero-order chi connectivity index (χ0) is 20.6. The summed E-state index contributed by atoms with van der Waals surface area (Å²) in [6.07, 6.45) is 4.03. The zero-order valence-corrected chi connectivity index (χ0v) is 18.2. The standard InChI is InChI=1S/C24H29N3OS/c1-4-6-9-18(5-2)23(28)25-20-13-11-19(12-14-20)22-16-29-24(27-22)26-21-10-7-8-17(3)15-21/h7-8,10-16,18H,4-6,9H2,1-3H3,(H,25,28)(H,26,27)/t18-/m1/s1. The molecule has 152 valence electrons. The van der Waals surface area contributed by atoms with E-state index in [0.29, 0.717) is 0 Å². The van der Waals surface area contributed by atoms with Crippen molar-refractivity contribution in [3.05, 3.63) is 59.5 Å². The first kappa shape index (κ1) is 21.1. The van der Waals surface area contributed by atoms with E-state index in [0.717, 1.165) is 53.4 Å². The van der Waals surface area contributed by atoms with Crippen molar-refractivity contribution < 1.29 is 4.79 Å². The molecule has 2 aromatic carbocycles. The molecule has 2 N–H and O–H groups in total. The molecule has 0 saturated carbocycles. The smallest absolute Gasteiger partial charge is 0.227 e. The van der Waals surface area contributed by atoms with Crippen molar-refractivity contribution in [2.75, 3.05) is 10.6 Å². The number of amides is 1. The van der Waals surface area contributed by atoms with Gasteiger partial charge in [0.15, 0.2) is 5.13 Å².